The monoisotopic (exact) mass is 583 g/mol. The number of rotatable bonds is 8. The van der Waals surface area contributed by atoms with Crippen LogP contribution in [0.1, 0.15) is 30.5 Å². The number of halogens is 1. The highest BCUT2D eigenvalue weighted by Gasteiger charge is 2.15. The third-order valence-electron chi connectivity index (χ3n) is 4.33. The van der Waals surface area contributed by atoms with Crippen LogP contribution >= 0.6 is 0 Å². The molecule has 0 saturated heterocycles. The Kier molecular flexibility index (Phi) is 10.4. The van der Waals surface area contributed by atoms with Gasteiger partial charge in [-0.05, 0) is 55.2 Å². The molecule has 0 atom stereocenters. The van der Waals surface area contributed by atoms with E-state index < -0.39 is 21.9 Å². The molecule has 0 saturated carbocycles. The Balaban J connectivity index is 0.000000238. The van der Waals surface area contributed by atoms with Crippen LogP contribution in [0.2, 0.25) is 0 Å². The molecule has 0 aromatic heterocycles. The van der Waals surface area contributed by atoms with Crippen LogP contribution in [0.5, 0.6) is 0 Å². The number of nitrogens with zero attached hydrogens (tertiary/aromatic N) is 1. The van der Waals surface area contributed by atoms with Gasteiger partial charge in [-0.15, -0.1) is 0 Å². The SMILES string of the molecule is Cc1ccc([I+]c2ccc(CC(C)C)cc2)cc1.O=[N+]([O-])c1ccccc1COS(=O)(=O)[O-]. The molecule has 0 aliphatic carbocycles. The lowest BCUT2D eigenvalue weighted by atomic mass is 10.0. The molecule has 176 valence electrons. The highest BCUT2D eigenvalue weighted by atomic mass is 127. The second-order valence-corrected chi connectivity index (χ2v) is 11.8. The number of aryl methyl sites for hydroxylation is 1. The van der Waals surface area contributed by atoms with E-state index in [9.17, 15) is 23.1 Å². The first-order chi connectivity index (χ1) is 15.5. The Bertz CT molecular complexity index is 1150. The average Bonchev–Trinajstić information content (AvgIpc) is 2.75. The molecule has 33 heavy (non-hydrogen) atoms. The minimum absolute atomic E-state index is 0.0179. The van der Waals surface area contributed by atoms with E-state index in [2.05, 4.69) is 73.5 Å². The van der Waals surface area contributed by atoms with Gasteiger partial charge in [0.05, 0.1) is 17.1 Å². The maximum absolute atomic E-state index is 10.5. The van der Waals surface area contributed by atoms with Gasteiger partial charge in [0, 0.05) is 6.07 Å². The van der Waals surface area contributed by atoms with Crippen LogP contribution in [-0.4, -0.2) is 17.9 Å². The largest absolute Gasteiger partial charge is 0.726 e. The van der Waals surface area contributed by atoms with Gasteiger partial charge in [0.2, 0.25) is 10.4 Å². The van der Waals surface area contributed by atoms with Gasteiger partial charge >= 0.3 is 21.2 Å². The molecule has 0 aliphatic heterocycles. The van der Waals surface area contributed by atoms with Crippen molar-refractivity contribution in [2.45, 2.75) is 33.8 Å². The summed E-state index contributed by atoms with van der Waals surface area (Å²) in [5.74, 6) is 0.739. The second-order valence-electron chi connectivity index (χ2n) is 7.67. The molecule has 0 N–H and O–H groups in total. The summed E-state index contributed by atoms with van der Waals surface area (Å²) in [4.78, 5) is 9.78. The smallest absolute Gasteiger partial charge is 0.357 e. The van der Waals surface area contributed by atoms with Gasteiger partial charge < -0.3 is 4.55 Å². The summed E-state index contributed by atoms with van der Waals surface area (Å²) in [5, 5.41) is 10.5. The van der Waals surface area contributed by atoms with Crippen LogP contribution in [0.4, 0.5) is 5.69 Å². The number of para-hydroxylation sites is 1. The van der Waals surface area contributed by atoms with Crippen LogP contribution in [-0.2, 0) is 27.6 Å². The van der Waals surface area contributed by atoms with E-state index in [1.165, 1.54) is 49.0 Å². The van der Waals surface area contributed by atoms with Gasteiger partial charge in [-0.3, -0.25) is 14.3 Å². The first-order valence-corrected chi connectivity index (χ1v) is 13.7. The van der Waals surface area contributed by atoms with E-state index in [-0.39, 0.29) is 32.5 Å². The Morgan fingerprint density at radius 2 is 1.48 bits per heavy atom. The minimum atomic E-state index is -4.84. The predicted molar refractivity (Wildman–Crippen MR) is 121 cm³/mol. The Morgan fingerprint density at radius 3 is 2.00 bits per heavy atom. The first-order valence-electron chi connectivity index (χ1n) is 10.2. The third kappa shape index (κ3) is 10.4. The summed E-state index contributed by atoms with van der Waals surface area (Å²) in [6.45, 7) is 6.05. The van der Waals surface area contributed by atoms with Crippen molar-refractivity contribution < 1.29 is 43.3 Å². The van der Waals surface area contributed by atoms with E-state index in [1.807, 2.05) is 0 Å². The summed E-state index contributed by atoms with van der Waals surface area (Å²) in [6.07, 6.45) is 1.18. The highest BCUT2D eigenvalue weighted by Crippen LogP contribution is 2.18. The molecule has 0 heterocycles. The summed E-state index contributed by atoms with van der Waals surface area (Å²) in [7, 11) is -4.84. The molecule has 0 radical (unpaired) electrons. The van der Waals surface area contributed by atoms with Crippen molar-refractivity contribution in [3.8, 4) is 0 Å². The van der Waals surface area contributed by atoms with E-state index in [0.29, 0.717) is 0 Å². The fourth-order valence-electron chi connectivity index (χ4n) is 2.82. The lowest BCUT2D eigenvalue weighted by Gasteiger charge is -2.07. The van der Waals surface area contributed by atoms with Crippen LogP contribution in [0.3, 0.4) is 0 Å². The molecule has 0 bridgehead atoms. The summed E-state index contributed by atoms with van der Waals surface area (Å²) < 4.78 is 37.3. The molecule has 0 spiro atoms. The summed E-state index contributed by atoms with van der Waals surface area (Å²) in [6, 6.07) is 23.6. The maximum Gasteiger partial charge on any atom is 0.357 e. The first kappa shape index (κ1) is 26.9. The quantitative estimate of drug-likeness (QED) is 0.132. The van der Waals surface area contributed by atoms with Gasteiger partial charge in [0.15, 0.2) is 7.14 Å². The maximum atomic E-state index is 10.5. The second kappa shape index (κ2) is 12.8. The zero-order valence-electron chi connectivity index (χ0n) is 18.6. The molecular formula is C24H26INO6S. The average molecular weight is 583 g/mol. The van der Waals surface area contributed by atoms with E-state index in [0.717, 1.165) is 5.92 Å². The fraction of sp³-hybridized carbons (Fsp3) is 0.250. The van der Waals surface area contributed by atoms with Crippen molar-refractivity contribution in [2.24, 2.45) is 5.92 Å². The zero-order valence-corrected chi connectivity index (χ0v) is 21.6. The van der Waals surface area contributed by atoms with Crippen LogP contribution < -0.4 is 21.2 Å². The number of hydrogen-bond acceptors (Lipinski definition) is 6. The van der Waals surface area contributed by atoms with E-state index >= 15 is 0 Å². The van der Waals surface area contributed by atoms with Gasteiger partial charge in [0.25, 0.3) is 5.69 Å². The number of nitro groups is 1. The topological polar surface area (TPSA) is 110 Å². The molecule has 3 rings (SSSR count). The molecule has 0 amide bonds. The standard InChI is InChI=1S/C17H20I.C7H7NO6S/c1-13(2)12-15-6-10-17(11-7-15)18-16-8-4-14(3)5-9-16;9-8(10)7-4-2-1-3-6(7)5-14-15(11,12)13/h4-11,13H,12H2,1-3H3;1-4H,5H2,(H,11,12,13)/q+1;/p-1. The van der Waals surface area contributed by atoms with Crippen LogP contribution in [0, 0.1) is 30.1 Å². The third-order valence-corrected chi connectivity index (χ3v) is 7.42. The normalized spacial score (nSPS) is 11.1. The molecule has 0 unspecified atom stereocenters. The molecule has 9 heteroatoms. The molecular weight excluding hydrogens is 557 g/mol. The number of hydrogen-bond donors (Lipinski definition) is 0. The van der Waals surface area contributed by atoms with Crippen molar-refractivity contribution >= 4 is 16.1 Å². The minimum Gasteiger partial charge on any atom is -0.726 e. The van der Waals surface area contributed by atoms with Gasteiger partial charge in [-0.1, -0.05) is 55.8 Å². The molecule has 3 aromatic carbocycles. The van der Waals surface area contributed by atoms with E-state index in [1.54, 1.807) is 0 Å². The lowest BCUT2D eigenvalue weighted by Crippen LogP contribution is -3.61. The Labute approximate surface area is 205 Å². The van der Waals surface area contributed by atoms with Crippen molar-refractivity contribution in [2.75, 3.05) is 0 Å². The fourth-order valence-corrected chi connectivity index (χ4v) is 5.25. The van der Waals surface area contributed by atoms with Gasteiger partial charge in [0.1, 0.15) is 0 Å². The van der Waals surface area contributed by atoms with Crippen LogP contribution in [0.15, 0.2) is 72.8 Å². The van der Waals surface area contributed by atoms with Gasteiger partial charge in [-0.2, -0.15) is 0 Å². The Morgan fingerprint density at radius 1 is 0.939 bits per heavy atom. The van der Waals surface area contributed by atoms with Crippen LogP contribution in [0.25, 0.3) is 0 Å². The summed E-state index contributed by atoms with van der Waals surface area (Å²) in [5.41, 5.74) is 2.54. The Hall–Kier alpha value is -2.34. The molecule has 0 aliphatic rings. The highest BCUT2D eigenvalue weighted by molar-refractivity contribution is 7.80. The van der Waals surface area contributed by atoms with E-state index in [4.69, 9.17) is 0 Å². The molecule has 0 fully saturated rings. The number of nitro benzene ring substituents is 1. The predicted octanol–water partition coefficient (Wildman–Crippen LogP) is 1.89. The van der Waals surface area contributed by atoms with Crippen molar-refractivity contribution in [3.63, 3.8) is 0 Å². The van der Waals surface area contributed by atoms with Gasteiger partial charge in [-0.25, -0.2) is 8.42 Å². The summed E-state index contributed by atoms with van der Waals surface area (Å²) >= 11 is -0.0179. The lowest BCUT2D eigenvalue weighted by molar-refractivity contribution is -0.597. The van der Waals surface area contributed by atoms with Crippen molar-refractivity contribution in [1.29, 1.82) is 0 Å². The zero-order chi connectivity index (χ0) is 24.4. The molecule has 7 nitrogen and oxygen atoms in total. The number of benzene rings is 3. The molecule has 3 aromatic rings. The van der Waals surface area contributed by atoms with Crippen molar-refractivity contribution in [1.82, 2.24) is 0 Å². The van der Waals surface area contributed by atoms with Crippen molar-refractivity contribution in [3.05, 3.63) is 107 Å².